The van der Waals surface area contributed by atoms with Crippen molar-refractivity contribution >= 4 is 17.1 Å². The van der Waals surface area contributed by atoms with E-state index in [0.29, 0.717) is 6.61 Å². The number of carbonyl (C=O) groups is 1. The summed E-state index contributed by atoms with van der Waals surface area (Å²) in [6, 6.07) is 2.01. The van der Waals surface area contributed by atoms with Crippen molar-refractivity contribution in [3.05, 3.63) is 21.4 Å². The highest BCUT2D eigenvalue weighted by Crippen LogP contribution is 2.26. The van der Waals surface area contributed by atoms with Crippen molar-refractivity contribution in [2.45, 2.75) is 26.7 Å². The highest BCUT2D eigenvalue weighted by atomic mass is 32.1. The van der Waals surface area contributed by atoms with E-state index in [4.69, 9.17) is 4.74 Å². The van der Waals surface area contributed by atoms with E-state index in [9.17, 15) is 4.79 Å². The highest BCUT2D eigenvalue weighted by molar-refractivity contribution is 7.12. The minimum Gasteiger partial charge on any atom is -0.381 e. The van der Waals surface area contributed by atoms with E-state index in [-0.39, 0.29) is 11.7 Å². The van der Waals surface area contributed by atoms with Crippen LogP contribution in [0, 0.1) is 19.8 Å². The molecule has 1 aliphatic rings. The van der Waals surface area contributed by atoms with Crippen molar-refractivity contribution in [2.24, 2.45) is 5.92 Å². The molecule has 1 unspecified atom stereocenters. The quantitative estimate of drug-likeness (QED) is 0.722. The smallest absolute Gasteiger partial charge is 0.169 e. The second-order valence-corrected chi connectivity index (χ2v) is 5.57. The van der Waals surface area contributed by atoms with Crippen molar-refractivity contribution in [1.82, 2.24) is 0 Å². The minimum absolute atomic E-state index is 0.0893. The summed E-state index contributed by atoms with van der Waals surface area (Å²) in [5.41, 5.74) is 0.910. The maximum absolute atomic E-state index is 12.2. The van der Waals surface area contributed by atoms with Crippen LogP contribution in [0.4, 0.5) is 0 Å². The van der Waals surface area contributed by atoms with Crippen molar-refractivity contribution in [1.29, 1.82) is 0 Å². The molecule has 1 atom stereocenters. The van der Waals surface area contributed by atoms with Crippen LogP contribution in [0.25, 0.3) is 0 Å². The Kier molecular flexibility index (Phi) is 3.22. The SMILES string of the molecule is Cc1cc(C(=O)C2CCCOC2)c(C)s1. The monoisotopic (exact) mass is 224 g/mol. The number of ether oxygens (including phenoxy) is 1. The summed E-state index contributed by atoms with van der Waals surface area (Å²) < 4.78 is 5.35. The van der Waals surface area contributed by atoms with Gasteiger partial charge in [-0.1, -0.05) is 0 Å². The van der Waals surface area contributed by atoms with Crippen LogP contribution < -0.4 is 0 Å². The number of rotatable bonds is 2. The summed E-state index contributed by atoms with van der Waals surface area (Å²) in [5, 5.41) is 0. The lowest BCUT2D eigenvalue weighted by Gasteiger charge is -2.20. The van der Waals surface area contributed by atoms with Crippen molar-refractivity contribution in [3.8, 4) is 0 Å². The molecule has 0 radical (unpaired) electrons. The Morgan fingerprint density at radius 1 is 1.53 bits per heavy atom. The number of ketones is 1. The molecular formula is C12H16O2S. The lowest BCUT2D eigenvalue weighted by Crippen LogP contribution is -2.25. The largest absolute Gasteiger partial charge is 0.381 e. The standard InChI is InChI=1S/C12H16O2S/c1-8-6-11(9(2)15-8)12(13)10-4-3-5-14-7-10/h6,10H,3-5,7H2,1-2H3. The molecular weight excluding hydrogens is 208 g/mol. The zero-order chi connectivity index (χ0) is 10.8. The summed E-state index contributed by atoms with van der Waals surface area (Å²) in [6.45, 7) is 5.49. The number of thiophene rings is 1. The van der Waals surface area contributed by atoms with Gasteiger partial charge >= 0.3 is 0 Å². The van der Waals surface area contributed by atoms with Gasteiger partial charge in [0.05, 0.1) is 6.61 Å². The molecule has 2 rings (SSSR count). The molecule has 3 heteroatoms. The van der Waals surface area contributed by atoms with Gasteiger partial charge < -0.3 is 4.74 Å². The predicted molar refractivity (Wildman–Crippen MR) is 61.7 cm³/mol. The van der Waals surface area contributed by atoms with Crippen molar-refractivity contribution in [2.75, 3.05) is 13.2 Å². The lowest BCUT2D eigenvalue weighted by molar-refractivity contribution is 0.0461. The molecule has 15 heavy (non-hydrogen) atoms. The fourth-order valence-electron chi connectivity index (χ4n) is 2.04. The van der Waals surface area contributed by atoms with Gasteiger partial charge in [0.15, 0.2) is 5.78 Å². The van der Waals surface area contributed by atoms with Crippen molar-refractivity contribution in [3.63, 3.8) is 0 Å². The van der Waals surface area contributed by atoms with Crippen LogP contribution in [0.15, 0.2) is 6.07 Å². The third-order valence-corrected chi connectivity index (χ3v) is 3.80. The summed E-state index contributed by atoms with van der Waals surface area (Å²) in [6.07, 6.45) is 1.99. The molecule has 0 saturated carbocycles. The van der Waals surface area contributed by atoms with E-state index in [1.54, 1.807) is 11.3 Å². The van der Waals surface area contributed by atoms with Gasteiger partial charge in [0.1, 0.15) is 0 Å². The summed E-state index contributed by atoms with van der Waals surface area (Å²) in [5.74, 6) is 0.364. The van der Waals surface area contributed by atoms with Crippen molar-refractivity contribution < 1.29 is 9.53 Å². The molecule has 1 saturated heterocycles. The number of Topliss-reactive ketones (excluding diaryl/α,β-unsaturated/α-hetero) is 1. The van der Waals surface area contributed by atoms with Crippen LogP contribution in [0.1, 0.15) is 33.0 Å². The fourth-order valence-corrected chi connectivity index (χ4v) is 2.97. The summed E-state index contributed by atoms with van der Waals surface area (Å²) in [4.78, 5) is 14.5. The first-order valence-electron chi connectivity index (χ1n) is 5.37. The molecule has 82 valence electrons. The summed E-state index contributed by atoms with van der Waals surface area (Å²) >= 11 is 1.70. The number of aryl methyl sites for hydroxylation is 2. The third kappa shape index (κ3) is 2.29. The Balaban J connectivity index is 2.16. The fraction of sp³-hybridized carbons (Fsp3) is 0.583. The normalized spacial score (nSPS) is 21.6. The number of hydrogen-bond acceptors (Lipinski definition) is 3. The molecule has 2 heterocycles. The van der Waals surface area contributed by atoms with Crippen LogP contribution in [-0.2, 0) is 4.74 Å². The van der Waals surface area contributed by atoms with Gasteiger partial charge in [-0.05, 0) is 32.8 Å². The first kappa shape index (κ1) is 10.8. The second kappa shape index (κ2) is 4.45. The lowest BCUT2D eigenvalue weighted by atomic mass is 9.93. The molecule has 1 fully saturated rings. The third-order valence-electron chi connectivity index (χ3n) is 2.84. The molecule has 1 aromatic heterocycles. The zero-order valence-corrected chi connectivity index (χ0v) is 10.0. The molecule has 1 aliphatic heterocycles. The van der Waals surface area contributed by atoms with E-state index in [2.05, 4.69) is 0 Å². The molecule has 1 aromatic rings. The number of hydrogen-bond donors (Lipinski definition) is 0. The Morgan fingerprint density at radius 2 is 2.33 bits per heavy atom. The Labute approximate surface area is 94.3 Å². The first-order valence-corrected chi connectivity index (χ1v) is 6.19. The predicted octanol–water partition coefficient (Wildman–Crippen LogP) is 2.97. The molecule has 0 spiro atoms. The van der Waals surface area contributed by atoms with Gasteiger partial charge in [-0.3, -0.25) is 4.79 Å². The Bertz CT molecular complexity index is 362. The van der Waals surface area contributed by atoms with E-state index in [1.807, 2.05) is 19.9 Å². The Morgan fingerprint density at radius 3 is 2.87 bits per heavy atom. The molecule has 0 N–H and O–H groups in total. The van der Waals surface area contributed by atoms with Gasteiger partial charge in [-0.25, -0.2) is 0 Å². The Hall–Kier alpha value is -0.670. The van der Waals surface area contributed by atoms with E-state index < -0.39 is 0 Å². The van der Waals surface area contributed by atoms with Crippen LogP contribution in [0.5, 0.6) is 0 Å². The van der Waals surface area contributed by atoms with Gasteiger partial charge in [-0.15, -0.1) is 11.3 Å². The average molecular weight is 224 g/mol. The topological polar surface area (TPSA) is 26.3 Å². The molecule has 0 amide bonds. The first-order chi connectivity index (χ1) is 7.18. The average Bonchev–Trinajstić information content (AvgIpc) is 2.58. The van der Waals surface area contributed by atoms with Crippen LogP contribution >= 0.6 is 11.3 Å². The molecule has 0 aliphatic carbocycles. The van der Waals surface area contributed by atoms with Crippen LogP contribution in [0.3, 0.4) is 0 Å². The molecule has 2 nitrogen and oxygen atoms in total. The van der Waals surface area contributed by atoms with E-state index >= 15 is 0 Å². The van der Waals surface area contributed by atoms with E-state index in [1.165, 1.54) is 4.88 Å². The van der Waals surface area contributed by atoms with Gasteiger partial charge in [0.2, 0.25) is 0 Å². The van der Waals surface area contributed by atoms with Gasteiger partial charge in [0.25, 0.3) is 0 Å². The van der Waals surface area contributed by atoms with Crippen LogP contribution in [0.2, 0.25) is 0 Å². The zero-order valence-electron chi connectivity index (χ0n) is 9.21. The van der Waals surface area contributed by atoms with Gasteiger partial charge in [0, 0.05) is 27.8 Å². The molecule has 0 bridgehead atoms. The summed E-state index contributed by atoms with van der Waals surface area (Å²) in [7, 11) is 0. The van der Waals surface area contributed by atoms with E-state index in [0.717, 1.165) is 29.9 Å². The number of carbonyl (C=O) groups excluding carboxylic acids is 1. The maximum atomic E-state index is 12.2. The maximum Gasteiger partial charge on any atom is 0.169 e. The highest BCUT2D eigenvalue weighted by Gasteiger charge is 2.24. The van der Waals surface area contributed by atoms with Gasteiger partial charge in [-0.2, -0.15) is 0 Å². The van der Waals surface area contributed by atoms with Crippen LogP contribution in [-0.4, -0.2) is 19.0 Å². The second-order valence-electron chi connectivity index (χ2n) is 4.11. The minimum atomic E-state index is 0.0893. The molecule has 0 aromatic carbocycles.